The molecule has 1 heterocycles. The van der Waals surface area contributed by atoms with E-state index in [2.05, 4.69) is 39.6 Å². The molecule has 0 bridgehead atoms. The molecule has 3 nitrogen and oxygen atoms in total. The second-order valence-corrected chi connectivity index (χ2v) is 5.06. The zero-order chi connectivity index (χ0) is 12.5. The van der Waals surface area contributed by atoms with Gasteiger partial charge in [-0.1, -0.05) is 35.9 Å². The highest BCUT2D eigenvalue weighted by molar-refractivity contribution is 6.33. The van der Waals surface area contributed by atoms with Crippen molar-refractivity contribution in [3.05, 3.63) is 51.9 Å². The van der Waals surface area contributed by atoms with Crippen molar-refractivity contribution in [1.29, 1.82) is 0 Å². The first-order chi connectivity index (χ1) is 8.74. The van der Waals surface area contributed by atoms with Gasteiger partial charge in [0.1, 0.15) is 10.8 Å². The van der Waals surface area contributed by atoms with Crippen LogP contribution in [0.4, 0.5) is 5.82 Å². The molecule has 1 aromatic carbocycles. The number of nitrogens with zero attached hydrogens (tertiary/aromatic N) is 2. The number of benzene rings is 1. The van der Waals surface area contributed by atoms with Gasteiger partial charge in [0.15, 0.2) is 0 Å². The molecule has 18 heavy (non-hydrogen) atoms. The Morgan fingerprint density at radius 1 is 1.28 bits per heavy atom. The molecule has 1 unspecified atom stereocenters. The summed E-state index contributed by atoms with van der Waals surface area (Å²) in [6.07, 6.45) is 2.60. The van der Waals surface area contributed by atoms with Crippen LogP contribution in [0.2, 0.25) is 10.3 Å². The van der Waals surface area contributed by atoms with Crippen LogP contribution in [0.3, 0.4) is 0 Å². The maximum atomic E-state index is 5.99. The van der Waals surface area contributed by atoms with Crippen LogP contribution >= 0.6 is 23.2 Å². The van der Waals surface area contributed by atoms with Crippen molar-refractivity contribution < 1.29 is 0 Å². The fraction of sp³-hybridized carbons (Fsp3) is 0.231. The Hall–Kier alpha value is -1.32. The lowest BCUT2D eigenvalue weighted by atomic mass is 9.78. The van der Waals surface area contributed by atoms with E-state index >= 15 is 0 Å². The molecule has 0 aliphatic heterocycles. The molecule has 3 rings (SSSR count). The summed E-state index contributed by atoms with van der Waals surface area (Å²) in [5.41, 5.74) is 2.83. The first-order valence-electron chi connectivity index (χ1n) is 5.74. The molecule has 1 aliphatic carbocycles. The fourth-order valence-electron chi connectivity index (χ4n) is 2.23. The van der Waals surface area contributed by atoms with Crippen LogP contribution in [0.15, 0.2) is 30.5 Å². The van der Waals surface area contributed by atoms with E-state index in [0.29, 0.717) is 16.8 Å². The second kappa shape index (κ2) is 4.75. The summed E-state index contributed by atoms with van der Waals surface area (Å²) in [6.45, 7) is 0.810. The van der Waals surface area contributed by atoms with E-state index in [1.807, 2.05) is 0 Å². The Morgan fingerprint density at radius 3 is 2.94 bits per heavy atom. The first-order valence-corrected chi connectivity index (χ1v) is 6.49. The van der Waals surface area contributed by atoms with Crippen LogP contribution < -0.4 is 5.32 Å². The minimum atomic E-state index is 0.205. The average Bonchev–Trinajstić information content (AvgIpc) is 2.34. The monoisotopic (exact) mass is 279 g/mol. The third kappa shape index (κ3) is 2.16. The first kappa shape index (κ1) is 11.8. The van der Waals surface area contributed by atoms with Gasteiger partial charge in [0.05, 0.1) is 6.20 Å². The second-order valence-electron chi connectivity index (χ2n) is 4.32. The van der Waals surface area contributed by atoms with Gasteiger partial charge in [0.25, 0.3) is 0 Å². The Kier molecular flexibility index (Phi) is 3.10. The van der Waals surface area contributed by atoms with Crippen molar-refractivity contribution in [2.75, 3.05) is 11.9 Å². The van der Waals surface area contributed by atoms with Gasteiger partial charge < -0.3 is 5.32 Å². The zero-order valence-electron chi connectivity index (χ0n) is 9.53. The van der Waals surface area contributed by atoms with Crippen LogP contribution in [-0.4, -0.2) is 16.5 Å². The average molecular weight is 280 g/mol. The summed E-state index contributed by atoms with van der Waals surface area (Å²) in [5, 5.41) is 3.93. The minimum Gasteiger partial charge on any atom is -0.368 e. The summed E-state index contributed by atoms with van der Waals surface area (Å²) >= 11 is 11.7. The van der Waals surface area contributed by atoms with Crippen LogP contribution in [0.5, 0.6) is 0 Å². The third-order valence-corrected chi connectivity index (χ3v) is 3.65. The minimum absolute atomic E-state index is 0.205. The highest BCUT2D eigenvalue weighted by atomic mass is 35.5. The molecular weight excluding hydrogens is 269 g/mol. The Balaban J connectivity index is 1.68. The topological polar surface area (TPSA) is 37.8 Å². The normalized spacial score (nSPS) is 16.9. The van der Waals surface area contributed by atoms with Gasteiger partial charge in [-0.3, -0.25) is 0 Å². The summed E-state index contributed by atoms with van der Waals surface area (Å²) in [6, 6.07) is 8.48. The van der Waals surface area contributed by atoms with E-state index in [1.54, 1.807) is 0 Å². The molecule has 0 fully saturated rings. The number of fused-ring (bicyclic) bond motifs is 1. The van der Waals surface area contributed by atoms with Crippen LogP contribution in [0.1, 0.15) is 17.0 Å². The van der Waals surface area contributed by atoms with Gasteiger partial charge in [-0.25, -0.2) is 4.98 Å². The molecule has 0 saturated heterocycles. The molecule has 1 aromatic heterocycles. The maximum absolute atomic E-state index is 5.99. The van der Waals surface area contributed by atoms with E-state index in [-0.39, 0.29) is 5.28 Å². The van der Waals surface area contributed by atoms with Gasteiger partial charge in [0, 0.05) is 12.5 Å². The molecule has 0 amide bonds. The number of aromatic nitrogens is 2. The lowest BCUT2D eigenvalue weighted by molar-refractivity contribution is 0.634. The molecule has 1 N–H and O–H groups in total. The van der Waals surface area contributed by atoms with E-state index in [1.165, 1.54) is 17.3 Å². The summed E-state index contributed by atoms with van der Waals surface area (Å²) in [5.74, 6) is 1.12. The van der Waals surface area contributed by atoms with Crippen molar-refractivity contribution in [2.24, 2.45) is 0 Å². The Morgan fingerprint density at radius 2 is 2.11 bits per heavy atom. The lowest BCUT2D eigenvalue weighted by Crippen LogP contribution is -2.24. The lowest BCUT2D eigenvalue weighted by Gasteiger charge is -2.30. The van der Waals surface area contributed by atoms with Crippen molar-refractivity contribution in [1.82, 2.24) is 9.97 Å². The molecule has 2 aromatic rings. The zero-order valence-corrected chi connectivity index (χ0v) is 11.0. The molecule has 1 atom stereocenters. The highest BCUT2D eigenvalue weighted by Gasteiger charge is 2.25. The number of rotatable bonds is 3. The van der Waals surface area contributed by atoms with Gasteiger partial charge >= 0.3 is 0 Å². The van der Waals surface area contributed by atoms with Crippen molar-refractivity contribution in [3.63, 3.8) is 0 Å². The summed E-state index contributed by atoms with van der Waals surface area (Å²) < 4.78 is 0. The Labute approximate surface area is 115 Å². The molecule has 5 heteroatoms. The molecule has 0 radical (unpaired) electrons. The molecule has 1 aliphatic rings. The van der Waals surface area contributed by atoms with E-state index in [9.17, 15) is 0 Å². The number of anilines is 1. The van der Waals surface area contributed by atoms with E-state index in [0.717, 1.165) is 13.0 Å². The van der Waals surface area contributed by atoms with Gasteiger partial charge in [-0.05, 0) is 29.1 Å². The van der Waals surface area contributed by atoms with Gasteiger partial charge in [0.2, 0.25) is 5.28 Å². The number of hydrogen-bond donors (Lipinski definition) is 1. The van der Waals surface area contributed by atoms with Crippen LogP contribution in [0, 0.1) is 0 Å². The summed E-state index contributed by atoms with van der Waals surface area (Å²) in [4.78, 5) is 7.89. The third-order valence-electron chi connectivity index (χ3n) is 3.19. The predicted molar refractivity (Wildman–Crippen MR) is 73.4 cm³/mol. The van der Waals surface area contributed by atoms with Crippen molar-refractivity contribution >= 4 is 29.0 Å². The van der Waals surface area contributed by atoms with Gasteiger partial charge in [-0.2, -0.15) is 4.98 Å². The molecule has 0 saturated carbocycles. The Bertz CT molecular complexity index is 586. The van der Waals surface area contributed by atoms with E-state index in [4.69, 9.17) is 23.2 Å². The largest absolute Gasteiger partial charge is 0.368 e. The van der Waals surface area contributed by atoms with E-state index < -0.39 is 0 Å². The molecule has 92 valence electrons. The quantitative estimate of drug-likeness (QED) is 0.874. The van der Waals surface area contributed by atoms with Gasteiger partial charge in [-0.15, -0.1) is 0 Å². The standard InChI is InChI=1S/C13H11Cl2N3/c14-11-7-17-13(15)18-12(11)16-6-9-5-8-3-1-2-4-10(8)9/h1-4,7,9H,5-6H2,(H,16,17,18). The SMILES string of the molecule is Clc1ncc(Cl)c(NCC2Cc3ccccc32)n1. The summed E-state index contributed by atoms with van der Waals surface area (Å²) in [7, 11) is 0. The predicted octanol–water partition coefficient (Wildman–Crippen LogP) is 3.54. The molecular formula is C13H11Cl2N3. The van der Waals surface area contributed by atoms with Crippen molar-refractivity contribution in [2.45, 2.75) is 12.3 Å². The smallest absolute Gasteiger partial charge is 0.224 e. The number of hydrogen-bond acceptors (Lipinski definition) is 3. The molecule has 0 spiro atoms. The number of halogens is 2. The highest BCUT2D eigenvalue weighted by Crippen LogP contribution is 2.35. The fourth-order valence-corrected chi connectivity index (χ4v) is 2.53. The van der Waals surface area contributed by atoms with Crippen molar-refractivity contribution in [3.8, 4) is 0 Å². The van der Waals surface area contributed by atoms with Crippen LogP contribution in [-0.2, 0) is 6.42 Å². The van der Waals surface area contributed by atoms with Crippen LogP contribution in [0.25, 0.3) is 0 Å². The number of nitrogens with one attached hydrogen (secondary N) is 1. The maximum Gasteiger partial charge on any atom is 0.224 e.